The lowest BCUT2D eigenvalue weighted by Gasteiger charge is -2.50. The molecule has 11 heteroatoms. The number of nitrogens with two attached hydrogens (primary N) is 1. The Labute approximate surface area is 205 Å². The molecule has 1 saturated carbocycles. The predicted molar refractivity (Wildman–Crippen MR) is 125 cm³/mol. The minimum Gasteiger partial charge on any atom is -0.508 e. The third-order valence-electron chi connectivity index (χ3n) is 7.10. The molecule has 7 N–H and O–H groups in total. The summed E-state index contributed by atoms with van der Waals surface area (Å²) in [5.41, 5.74) is 2.44. The van der Waals surface area contributed by atoms with Crippen LogP contribution in [0.1, 0.15) is 23.1 Å². The summed E-state index contributed by atoms with van der Waals surface area (Å²) >= 11 is 5.99. The molecule has 0 saturated heterocycles. The van der Waals surface area contributed by atoms with Gasteiger partial charge in [-0.3, -0.25) is 19.3 Å². The molecule has 4 rings (SSSR count). The maximum Gasteiger partial charge on any atom is 0.255 e. The maximum atomic E-state index is 13.7. The van der Waals surface area contributed by atoms with Gasteiger partial charge in [0.2, 0.25) is 5.78 Å². The lowest BCUT2D eigenvalue weighted by Crippen LogP contribution is -2.65. The van der Waals surface area contributed by atoms with Crippen LogP contribution >= 0.6 is 11.6 Å². The largest absolute Gasteiger partial charge is 0.508 e. The average molecular weight is 505 g/mol. The molecule has 1 amide bonds. The first-order chi connectivity index (χ1) is 16.4. The first-order valence-corrected chi connectivity index (χ1v) is 11.2. The molecule has 0 heterocycles. The van der Waals surface area contributed by atoms with Gasteiger partial charge in [0.25, 0.3) is 5.91 Å². The molecule has 35 heavy (non-hydrogen) atoms. The number of fused-ring (bicyclic) bond motifs is 3. The summed E-state index contributed by atoms with van der Waals surface area (Å²) in [5, 5.41) is 53.4. The van der Waals surface area contributed by atoms with Crippen molar-refractivity contribution in [3.8, 4) is 5.75 Å². The Balaban J connectivity index is 1.97. The lowest BCUT2D eigenvalue weighted by atomic mass is 9.57. The average Bonchev–Trinajstić information content (AvgIpc) is 2.77. The Bertz CT molecular complexity index is 1260. The molecule has 2 unspecified atom stereocenters. The van der Waals surface area contributed by atoms with Crippen molar-refractivity contribution in [1.29, 1.82) is 0 Å². The van der Waals surface area contributed by atoms with E-state index in [0.717, 1.165) is 0 Å². The number of Topliss-reactive ketones (excluding diaryl/α,β-unsaturated/α-hetero) is 2. The lowest BCUT2D eigenvalue weighted by molar-refractivity contribution is -0.153. The normalized spacial score (nSPS) is 28.7. The van der Waals surface area contributed by atoms with Crippen molar-refractivity contribution in [1.82, 2.24) is 4.90 Å². The first-order valence-electron chi connectivity index (χ1n) is 10.8. The van der Waals surface area contributed by atoms with Crippen LogP contribution in [0.4, 0.5) is 0 Å². The Morgan fingerprint density at radius 2 is 1.91 bits per heavy atom. The standard InChI is InChI=1S/C24H25ClN2O8/c1-27(2)18-13-7-10-6-12-9(5-11(25)8-28)3-4-14(29)16(12)19(30)15(10)21(32)24(13,35)22(33)17(20(18)31)23(26)34/h3-5,10,13,18,28-30,33,35H,6-8H2,1-2H3,(H2,26,34)/b11-5-/t10?,13?,18-,24-/m0/s1. The highest BCUT2D eigenvalue weighted by Gasteiger charge is 2.64. The van der Waals surface area contributed by atoms with Gasteiger partial charge in [-0.05, 0) is 56.1 Å². The van der Waals surface area contributed by atoms with Gasteiger partial charge >= 0.3 is 0 Å². The molecule has 3 aliphatic carbocycles. The number of carbonyl (C=O) groups excluding carboxylic acids is 3. The van der Waals surface area contributed by atoms with Gasteiger partial charge in [-0.15, -0.1) is 0 Å². The number of rotatable bonds is 4. The highest BCUT2D eigenvalue weighted by atomic mass is 35.5. The topological polar surface area (TPSA) is 182 Å². The number of aliphatic hydroxyl groups excluding tert-OH is 3. The number of amides is 1. The second-order valence-corrected chi connectivity index (χ2v) is 9.72. The minimum atomic E-state index is -2.68. The first kappa shape index (κ1) is 24.9. The van der Waals surface area contributed by atoms with Crippen LogP contribution in [0.3, 0.4) is 0 Å². The molecule has 0 aromatic heterocycles. The molecule has 10 nitrogen and oxygen atoms in total. The number of aliphatic hydroxyl groups is 4. The third-order valence-corrected chi connectivity index (χ3v) is 7.33. The van der Waals surface area contributed by atoms with Crippen molar-refractivity contribution in [2.24, 2.45) is 17.6 Å². The summed E-state index contributed by atoms with van der Waals surface area (Å²) in [5.74, 6) is -7.08. The molecule has 0 radical (unpaired) electrons. The maximum absolute atomic E-state index is 13.7. The highest BCUT2D eigenvalue weighted by Crippen LogP contribution is 2.53. The number of hydrogen-bond acceptors (Lipinski definition) is 9. The van der Waals surface area contributed by atoms with Crippen molar-refractivity contribution in [2.75, 3.05) is 20.7 Å². The van der Waals surface area contributed by atoms with Crippen LogP contribution in [0.5, 0.6) is 5.75 Å². The van der Waals surface area contributed by atoms with Crippen molar-refractivity contribution < 1.29 is 39.9 Å². The van der Waals surface area contributed by atoms with Crippen LogP contribution in [-0.2, 0) is 20.8 Å². The fourth-order valence-corrected chi connectivity index (χ4v) is 5.74. The summed E-state index contributed by atoms with van der Waals surface area (Å²) < 4.78 is 0. The van der Waals surface area contributed by atoms with E-state index in [1.165, 1.54) is 31.1 Å². The van der Waals surface area contributed by atoms with Crippen molar-refractivity contribution in [2.45, 2.75) is 24.5 Å². The number of nitrogens with zero attached hydrogens (tertiary/aromatic N) is 1. The van der Waals surface area contributed by atoms with Gasteiger partial charge in [0.15, 0.2) is 11.4 Å². The van der Waals surface area contributed by atoms with Crippen LogP contribution in [0.25, 0.3) is 11.8 Å². The minimum absolute atomic E-state index is 0.0156. The van der Waals surface area contributed by atoms with Crippen molar-refractivity contribution in [3.05, 3.63) is 50.8 Å². The van der Waals surface area contributed by atoms with Crippen LogP contribution in [0.15, 0.2) is 34.1 Å². The number of carbonyl (C=O) groups is 3. The highest BCUT2D eigenvalue weighted by molar-refractivity contribution is 6.31. The summed E-state index contributed by atoms with van der Waals surface area (Å²) in [6, 6.07) is 1.68. The van der Waals surface area contributed by atoms with E-state index in [9.17, 15) is 39.9 Å². The van der Waals surface area contributed by atoms with Gasteiger partial charge in [0.1, 0.15) is 22.8 Å². The van der Waals surface area contributed by atoms with E-state index in [2.05, 4.69) is 0 Å². The summed E-state index contributed by atoms with van der Waals surface area (Å²) in [6.45, 7) is -0.429. The molecule has 1 aromatic rings. The Kier molecular flexibility index (Phi) is 6.05. The number of phenolic OH excluding ortho intramolecular Hbond substituents is 1. The molecule has 0 aliphatic heterocycles. The number of hydrogen-bond donors (Lipinski definition) is 6. The zero-order valence-corrected chi connectivity index (χ0v) is 19.7. The summed E-state index contributed by atoms with van der Waals surface area (Å²) in [4.78, 5) is 40.2. The van der Waals surface area contributed by atoms with Crippen LogP contribution < -0.4 is 5.73 Å². The van der Waals surface area contributed by atoms with E-state index in [-0.39, 0.29) is 34.8 Å². The summed E-state index contributed by atoms with van der Waals surface area (Å²) in [6.07, 6.45) is 1.59. The van der Waals surface area contributed by atoms with E-state index < -0.39 is 64.7 Å². The smallest absolute Gasteiger partial charge is 0.255 e. The van der Waals surface area contributed by atoms with Crippen LogP contribution in [0, 0.1) is 11.8 Å². The Morgan fingerprint density at radius 3 is 2.49 bits per heavy atom. The van der Waals surface area contributed by atoms with Gasteiger partial charge in [-0.2, -0.15) is 0 Å². The number of phenols is 1. The van der Waals surface area contributed by atoms with Gasteiger partial charge in [-0.1, -0.05) is 17.7 Å². The van der Waals surface area contributed by atoms with Crippen LogP contribution in [-0.4, -0.2) is 80.3 Å². The number of aromatic hydroxyl groups is 1. The van der Waals surface area contributed by atoms with Gasteiger partial charge in [0, 0.05) is 16.5 Å². The molecular weight excluding hydrogens is 480 g/mol. The zero-order valence-electron chi connectivity index (χ0n) is 18.9. The van der Waals surface area contributed by atoms with Crippen molar-refractivity contribution >= 4 is 40.9 Å². The van der Waals surface area contributed by atoms with E-state index in [1.807, 2.05) is 0 Å². The Hall–Kier alpha value is -3.18. The van der Waals surface area contributed by atoms with Gasteiger partial charge in [-0.25, -0.2) is 0 Å². The fourth-order valence-electron chi connectivity index (χ4n) is 5.62. The number of primary amides is 1. The molecule has 186 valence electrons. The van der Waals surface area contributed by atoms with Gasteiger partial charge in [0.05, 0.1) is 18.2 Å². The number of likely N-dealkylation sites (N-methyl/N-ethyl adjacent to an activating group) is 1. The molecular formula is C24H25ClN2O8. The molecule has 4 atom stereocenters. The third kappa shape index (κ3) is 3.48. The Morgan fingerprint density at radius 1 is 1.26 bits per heavy atom. The number of benzene rings is 1. The molecule has 0 bridgehead atoms. The monoisotopic (exact) mass is 504 g/mol. The fraction of sp³-hybridized carbons (Fsp3) is 0.375. The quantitative estimate of drug-likeness (QED) is 0.319. The number of ketones is 2. The van der Waals surface area contributed by atoms with Crippen LogP contribution in [0.2, 0.25) is 0 Å². The summed E-state index contributed by atoms with van der Waals surface area (Å²) in [7, 11) is 3.07. The van der Waals surface area contributed by atoms with E-state index in [1.54, 1.807) is 6.07 Å². The second-order valence-electron chi connectivity index (χ2n) is 9.24. The molecule has 1 fully saturated rings. The van der Waals surface area contributed by atoms with E-state index in [4.69, 9.17) is 17.3 Å². The SMILES string of the molecule is CN(C)[C@@H]1C(=O)C(C(N)=O)=C(O)[C@@]2(O)C(=O)C3=C(O)c4c(O)ccc(/C=C(\Cl)CO)c4CC3CC12. The molecule has 3 aliphatic rings. The predicted octanol–water partition coefficient (Wildman–Crippen LogP) is 0.536. The van der Waals surface area contributed by atoms with E-state index in [0.29, 0.717) is 11.1 Å². The van der Waals surface area contributed by atoms with Gasteiger partial charge < -0.3 is 31.3 Å². The van der Waals surface area contributed by atoms with E-state index >= 15 is 0 Å². The molecule has 1 aromatic carbocycles. The van der Waals surface area contributed by atoms with Crippen molar-refractivity contribution in [3.63, 3.8) is 0 Å². The molecule has 0 spiro atoms. The number of halogens is 1. The second kappa shape index (κ2) is 8.49. The zero-order chi connectivity index (χ0) is 26.0.